The van der Waals surface area contributed by atoms with Crippen molar-refractivity contribution in [1.29, 1.82) is 0 Å². The average Bonchev–Trinajstić information content (AvgIpc) is 2.69. The zero-order valence-electron chi connectivity index (χ0n) is 17.0. The highest BCUT2D eigenvalue weighted by Gasteiger charge is 2.08. The first-order valence-corrected chi connectivity index (χ1v) is 10.2. The molecule has 154 valence electrons. The third-order valence-electron chi connectivity index (χ3n) is 4.45. The Kier molecular flexibility index (Phi) is 13.4. The molecule has 1 atom stereocenters. The third-order valence-corrected chi connectivity index (χ3v) is 4.45. The first kappa shape index (κ1) is 23.4. The highest BCUT2D eigenvalue weighted by molar-refractivity contribution is 5.68. The van der Waals surface area contributed by atoms with Gasteiger partial charge in [-0.1, -0.05) is 51.2 Å². The predicted octanol–water partition coefficient (Wildman–Crippen LogP) is 4.82. The van der Waals surface area contributed by atoms with Gasteiger partial charge in [0.25, 0.3) is 0 Å². The van der Waals surface area contributed by atoms with Crippen molar-refractivity contribution in [3.05, 3.63) is 29.8 Å². The van der Waals surface area contributed by atoms with E-state index < -0.39 is 6.10 Å². The number of esters is 1. The Labute approximate surface area is 164 Å². The van der Waals surface area contributed by atoms with Crippen molar-refractivity contribution in [3.63, 3.8) is 0 Å². The largest absolute Gasteiger partial charge is 0.494 e. The van der Waals surface area contributed by atoms with E-state index in [2.05, 4.69) is 11.7 Å². The van der Waals surface area contributed by atoms with Crippen LogP contribution in [0.25, 0.3) is 0 Å². The molecule has 0 aliphatic carbocycles. The molecule has 0 amide bonds. The average molecular weight is 381 g/mol. The second-order valence-corrected chi connectivity index (χ2v) is 6.81. The van der Waals surface area contributed by atoms with Gasteiger partial charge in [-0.2, -0.15) is 0 Å². The number of benzene rings is 1. The topological polar surface area (TPSA) is 65.0 Å². The quantitative estimate of drug-likeness (QED) is 0.329. The van der Waals surface area contributed by atoms with Crippen LogP contribution in [0, 0.1) is 0 Å². The van der Waals surface area contributed by atoms with E-state index in [1.807, 2.05) is 24.3 Å². The zero-order chi connectivity index (χ0) is 19.7. The molecule has 0 radical (unpaired) electrons. The van der Waals surface area contributed by atoms with E-state index in [4.69, 9.17) is 9.47 Å². The molecule has 0 spiro atoms. The lowest BCUT2D eigenvalue weighted by Crippen LogP contribution is -2.08. The molecule has 5 heteroatoms. The maximum atomic E-state index is 11.0. The summed E-state index contributed by atoms with van der Waals surface area (Å²) < 4.78 is 15.9. The van der Waals surface area contributed by atoms with Gasteiger partial charge >= 0.3 is 5.97 Å². The molecule has 1 aromatic carbocycles. The Morgan fingerprint density at radius 2 is 1.63 bits per heavy atom. The molecule has 0 bridgehead atoms. The van der Waals surface area contributed by atoms with Crippen LogP contribution < -0.4 is 4.74 Å². The molecule has 0 aliphatic rings. The molecule has 0 aliphatic heterocycles. The summed E-state index contributed by atoms with van der Waals surface area (Å²) in [5.74, 6) is 0.670. The van der Waals surface area contributed by atoms with E-state index >= 15 is 0 Å². The first-order chi connectivity index (χ1) is 13.2. The fourth-order valence-electron chi connectivity index (χ4n) is 2.73. The van der Waals surface area contributed by atoms with Gasteiger partial charge in [-0.15, -0.1) is 0 Å². The van der Waals surface area contributed by atoms with Crippen LogP contribution in [0.5, 0.6) is 5.75 Å². The minimum absolute atomic E-state index is 0.171. The normalized spacial score (nSPS) is 12.0. The van der Waals surface area contributed by atoms with Crippen molar-refractivity contribution in [3.8, 4) is 5.75 Å². The standard InChI is InChI=1S/C22H36O5/c1-3-4-5-6-10-17-27-20-14-12-19(13-15-20)21(23)18-26-16-9-7-8-11-22(24)25-2/h12-15,21,23H,3-11,16-18H2,1-2H3. The number of hydrogen-bond acceptors (Lipinski definition) is 5. The minimum Gasteiger partial charge on any atom is -0.494 e. The summed E-state index contributed by atoms with van der Waals surface area (Å²) in [6, 6.07) is 7.57. The fourth-order valence-corrected chi connectivity index (χ4v) is 2.73. The van der Waals surface area contributed by atoms with E-state index in [9.17, 15) is 9.90 Å². The van der Waals surface area contributed by atoms with Crippen LogP contribution in [-0.4, -0.2) is 38.0 Å². The molecule has 0 aromatic heterocycles. The van der Waals surface area contributed by atoms with Gasteiger partial charge in [0.2, 0.25) is 0 Å². The van der Waals surface area contributed by atoms with Crippen molar-refractivity contribution in [2.45, 2.75) is 70.8 Å². The predicted molar refractivity (Wildman–Crippen MR) is 107 cm³/mol. The van der Waals surface area contributed by atoms with Gasteiger partial charge in [0, 0.05) is 13.0 Å². The number of ether oxygens (including phenoxy) is 3. The number of hydrogen-bond donors (Lipinski definition) is 1. The van der Waals surface area contributed by atoms with E-state index in [1.165, 1.54) is 32.8 Å². The smallest absolute Gasteiger partial charge is 0.305 e. The molecule has 1 unspecified atom stereocenters. The highest BCUT2D eigenvalue weighted by atomic mass is 16.5. The molecular formula is C22H36O5. The van der Waals surface area contributed by atoms with Crippen LogP contribution in [0.3, 0.4) is 0 Å². The second kappa shape index (κ2) is 15.5. The molecule has 0 saturated heterocycles. The van der Waals surface area contributed by atoms with Crippen molar-refractivity contribution < 1.29 is 24.1 Å². The summed E-state index contributed by atoms with van der Waals surface area (Å²) in [6.07, 6.45) is 8.52. The molecule has 5 nitrogen and oxygen atoms in total. The number of methoxy groups -OCH3 is 1. The number of carbonyl (C=O) groups excluding carboxylic acids is 1. The Balaban J connectivity index is 2.11. The van der Waals surface area contributed by atoms with Crippen LogP contribution in [0.2, 0.25) is 0 Å². The number of unbranched alkanes of at least 4 members (excludes halogenated alkanes) is 6. The van der Waals surface area contributed by atoms with Crippen LogP contribution in [0.1, 0.15) is 76.4 Å². The second-order valence-electron chi connectivity index (χ2n) is 6.81. The van der Waals surface area contributed by atoms with Gasteiger partial charge in [0.1, 0.15) is 11.9 Å². The minimum atomic E-state index is -0.636. The van der Waals surface area contributed by atoms with E-state index in [0.717, 1.165) is 43.6 Å². The Morgan fingerprint density at radius 1 is 0.963 bits per heavy atom. The van der Waals surface area contributed by atoms with Crippen LogP contribution in [-0.2, 0) is 14.3 Å². The van der Waals surface area contributed by atoms with Gasteiger partial charge in [0.15, 0.2) is 0 Å². The van der Waals surface area contributed by atoms with Crippen molar-refractivity contribution in [2.75, 3.05) is 26.9 Å². The van der Waals surface area contributed by atoms with Gasteiger partial charge in [0.05, 0.1) is 20.3 Å². The van der Waals surface area contributed by atoms with Crippen molar-refractivity contribution in [1.82, 2.24) is 0 Å². The SMILES string of the molecule is CCCCCCCOc1ccc(C(O)COCCCCCC(=O)OC)cc1. The Morgan fingerprint density at radius 3 is 2.33 bits per heavy atom. The summed E-state index contributed by atoms with van der Waals surface area (Å²) in [7, 11) is 1.40. The van der Waals surface area contributed by atoms with Gasteiger partial charge in [-0.25, -0.2) is 0 Å². The van der Waals surface area contributed by atoms with Crippen LogP contribution in [0.15, 0.2) is 24.3 Å². The van der Waals surface area contributed by atoms with Crippen LogP contribution >= 0.6 is 0 Å². The Bertz CT molecular complexity index is 486. The maximum absolute atomic E-state index is 11.0. The lowest BCUT2D eigenvalue weighted by Gasteiger charge is -2.13. The number of aliphatic hydroxyl groups excluding tert-OH is 1. The van der Waals surface area contributed by atoms with Gasteiger partial charge in [-0.05, 0) is 37.0 Å². The molecule has 0 saturated carbocycles. The summed E-state index contributed by atoms with van der Waals surface area (Å²) in [6.45, 7) is 3.81. The molecule has 1 N–H and O–H groups in total. The van der Waals surface area contributed by atoms with Gasteiger partial charge < -0.3 is 19.3 Å². The molecular weight excluding hydrogens is 344 g/mol. The van der Waals surface area contributed by atoms with E-state index in [1.54, 1.807) is 0 Å². The van der Waals surface area contributed by atoms with Gasteiger partial charge in [-0.3, -0.25) is 4.79 Å². The summed E-state index contributed by atoms with van der Waals surface area (Å²) in [4.78, 5) is 11.0. The maximum Gasteiger partial charge on any atom is 0.305 e. The summed E-state index contributed by atoms with van der Waals surface area (Å²) >= 11 is 0. The number of carbonyl (C=O) groups is 1. The first-order valence-electron chi connectivity index (χ1n) is 10.2. The molecule has 0 heterocycles. The highest BCUT2D eigenvalue weighted by Crippen LogP contribution is 2.19. The monoisotopic (exact) mass is 380 g/mol. The lowest BCUT2D eigenvalue weighted by atomic mass is 10.1. The fraction of sp³-hybridized carbons (Fsp3) is 0.682. The molecule has 27 heavy (non-hydrogen) atoms. The van der Waals surface area contributed by atoms with Crippen LogP contribution in [0.4, 0.5) is 0 Å². The Hall–Kier alpha value is -1.59. The molecule has 1 aromatic rings. The summed E-state index contributed by atoms with van der Waals surface area (Å²) in [5, 5.41) is 10.2. The third kappa shape index (κ3) is 11.7. The summed E-state index contributed by atoms with van der Waals surface area (Å²) in [5.41, 5.74) is 0.830. The van der Waals surface area contributed by atoms with Crippen molar-refractivity contribution in [2.24, 2.45) is 0 Å². The van der Waals surface area contributed by atoms with E-state index in [-0.39, 0.29) is 12.6 Å². The number of aliphatic hydroxyl groups is 1. The van der Waals surface area contributed by atoms with E-state index in [0.29, 0.717) is 13.0 Å². The zero-order valence-corrected chi connectivity index (χ0v) is 17.0. The molecule has 0 fully saturated rings. The lowest BCUT2D eigenvalue weighted by molar-refractivity contribution is -0.140. The van der Waals surface area contributed by atoms with Crippen molar-refractivity contribution >= 4 is 5.97 Å². The number of rotatable bonds is 16. The molecule has 1 rings (SSSR count).